The summed E-state index contributed by atoms with van der Waals surface area (Å²) in [6.45, 7) is 2.02. The zero-order valence-electron chi connectivity index (χ0n) is 7.17. The van der Waals surface area contributed by atoms with Gasteiger partial charge in [-0.15, -0.1) is 11.3 Å². The molecule has 0 atom stereocenters. The molecule has 0 N–H and O–H groups in total. The molecule has 2 rings (SSSR count). The molecular formula is C10H12OS. The molecule has 0 bridgehead atoms. The Hall–Kier alpha value is -0.630. The summed E-state index contributed by atoms with van der Waals surface area (Å²) in [6, 6.07) is 1.95. The number of hydrogen-bond donors (Lipinski definition) is 0. The highest BCUT2D eigenvalue weighted by Crippen LogP contribution is 2.34. The Morgan fingerprint density at radius 1 is 1.67 bits per heavy atom. The minimum absolute atomic E-state index is 0.344. The Kier molecular flexibility index (Phi) is 2.01. The van der Waals surface area contributed by atoms with Crippen LogP contribution in [0.25, 0.3) is 0 Å². The number of carbonyl (C=O) groups is 1. The summed E-state index contributed by atoms with van der Waals surface area (Å²) < 4.78 is 0. The first-order valence-electron chi connectivity index (χ1n) is 4.34. The summed E-state index contributed by atoms with van der Waals surface area (Å²) in [5, 5.41) is 2.00. The minimum Gasteiger partial charge on any atom is -0.294 e. The molecule has 0 aromatic carbocycles. The number of ketones is 1. The average Bonchev–Trinajstić information content (AvgIpc) is 2.72. The molecule has 1 heterocycles. The Labute approximate surface area is 76.4 Å². The first-order valence-corrected chi connectivity index (χ1v) is 5.22. The Morgan fingerprint density at radius 2 is 2.42 bits per heavy atom. The van der Waals surface area contributed by atoms with Gasteiger partial charge in [0.1, 0.15) is 0 Å². The normalized spacial score (nSPS) is 16.4. The maximum absolute atomic E-state index is 11.6. The van der Waals surface area contributed by atoms with Gasteiger partial charge in [0.05, 0.1) is 0 Å². The summed E-state index contributed by atoms with van der Waals surface area (Å²) in [5.74, 6) is 1.05. The Bertz CT molecular complexity index is 297. The lowest BCUT2D eigenvalue weighted by molar-refractivity contribution is 0.0976. The molecule has 0 amide bonds. The maximum atomic E-state index is 11.6. The van der Waals surface area contributed by atoms with E-state index in [-0.39, 0.29) is 0 Å². The van der Waals surface area contributed by atoms with Gasteiger partial charge in [0.25, 0.3) is 0 Å². The van der Waals surface area contributed by atoms with E-state index >= 15 is 0 Å². The highest BCUT2D eigenvalue weighted by atomic mass is 32.1. The summed E-state index contributed by atoms with van der Waals surface area (Å²) in [4.78, 5) is 12.8. The quantitative estimate of drug-likeness (QED) is 0.653. The predicted molar refractivity (Wildman–Crippen MR) is 50.7 cm³/mol. The molecule has 0 spiro atoms. The zero-order valence-corrected chi connectivity index (χ0v) is 7.99. The second-order valence-electron chi connectivity index (χ2n) is 3.46. The van der Waals surface area contributed by atoms with Crippen molar-refractivity contribution in [2.24, 2.45) is 5.92 Å². The van der Waals surface area contributed by atoms with Crippen molar-refractivity contribution in [3.8, 4) is 0 Å². The highest BCUT2D eigenvalue weighted by molar-refractivity contribution is 7.10. The van der Waals surface area contributed by atoms with Gasteiger partial charge in [-0.2, -0.15) is 0 Å². The molecule has 0 radical (unpaired) electrons. The van der Waals surface area contributed by atoms with E-state index in [0.717, 1.165) is 12.0 Å². The van der Waals surface area contributed by atoms with E-state index < -0.39 is 0 Å². The van der Waals surface area contributed by atoms with Crippen molar-refractivity contribution < 1.29 is 4.79 Å². The van der Waals surface area contributed by atoms with Crippen LogP contribution in [-0.4, -0.2) is 5.78 Å². The van der Waals surface area contributed by atoms with Crippen molar-refractivity contribution in [2.75, 3.05) is 0 Å². The molecular weight excluding hydrogens is 168 g/mol. The van der Waals surface area contributed by atoms with Crippen LogP contribution in [0.2, 0.25) is 0 Å². The Balaban J connectivity index is 2.07. The van der Waals surface area contributed by atoms with E-state index in [1.54, 1.807) is 11.3 Å². The van der Waals surface area contributed by atoms with Crippen LogP contribution in [0, 0.1) is 12.8 Å². The molecule has 1 saturated carbocycles. The van der Waals surface area contributed by atoms with Crippen molar-refractivity contribution in [3.05, 3.63) is 21.9 Å². The largest absolute Gasteiger partial charge is 0.294 e. The third-order valence-corrected chi connectivity index (χ3v) is 3.18. The van der Waals surface area contributed by atoms with Crippen LogP contribution < -0.4 is 0 Å². The van der Waals surface area contributed by atoms with Crippen molar-refractivity contribution in [2.45, 2.75) is 26.2 Å². The van der Waals surface area contributed by atoms with Crippen molar-refractivity contribution in [1.82, 2.24) is 0 Å². The summed E-state index contributed by atoms with van der Waals surface area (Å²) in [5.41, 5.74) is 0.951. The van der Waals surface area contributed by atoms with E-state index in [4.69, 9.17) is 0 Å². The molecule has 1 fully saturated rings. The smallest absolute Gasteiger partial charge is 0.164 e. The van der Waals surface area contributed by atoms with Crippen LogP contribution in [0.3, 0.4) is 0 Å². The van der Waals surface area contributed by atoms with Crippen LogP contribution in [0.15, 0.2) is 11.4 Å². The highest BCUT2D eigenvalue weighted by Gasteiger charge is 2.25. The lowest BCUT2D eigenvalue weighted by Gasteiger charge is -1.96. The average molecular weight is 180 g/mol. The van der Waals surface area contributed by atoms with Crippen molar-refractivity contribution in [1.29, 1.82) is 0 Å². The lowest BCUT2D eigenvalue weighted by Crippen LogP contribution is -1.99. The molecule has 1 aliphatic carbocycles. The van der Waals surface area contributed by atoms with E-state index in [0.29, 0.717) is 11.7 Å². The van der Waals surface area contributed by atoms with Gasteiger partial charge in [-0.1, -0.05) is 0 Å². The third kappa shape index (κ3) is 1.58. The van der Waals surface area contributed by atoms with Crippen molar-refractivity contribution in [3.63, 3.8) is 0 Å². The summed E-state index contributed by atoms with van der Waals surface area (Å²) in [7, 11) is 0. The van der Waals surface area contributed by atoms with E-state index in [1.165, 1.54) is 17.7 Å². The van der Waals surface area contributed by atoms with Gasteiger partial charge in [0, 0.05) is 16.9 Å². The number of aryl methyl sites for hydroxylation is 1. The first kappa shape index (κ1) is 7.99. The fraction of sp³-hybridized carbons (Fsp3) is 0.500. The topological polar surface area (TPSA) is 17.1 Å². The van der Waals surface area contributed by atoms with Gasteiger partial charge in [0.15, 0.2) is 5.78 Å². The lowest BCUT2D eigenvalue weighted by atomic mass is 10.1. The van der Waals surface area contributed by atoms with Crippen LogP contribution in [0.4, 0.5) is 0 Å². The maximum Gasteiger partial charge on any atom is 0.164 e. The van der Waals surface area contributed by atoms with E-state index in [2.05, 4.69) is 0 Å². The monoisotopic (exact) mass is 180 g/mol. The number of thiophene rings is 1. The second kappa shape index (κ2) is 3.02. The molecule has 0 unspecified atom stereocenters. The number of Topliss-reactive ketones (excluding diaryl/α,β-unsaturated/α-hetero) is 1. The van der Waals surface area contributed by atoms with Crippen molar-refractivity contribution >= 4 is 17.1 Å². The summed E-state index contributed by atoms with van der Waals surface area (Å²) in [6.07, 6.45) is 3.29. The van der Waals surface area contributed by atoms with Crippen LogP contribution in [0.5, 0.6) is 0 Å². The molecule has 2 heteroatoms. The molecule has 1 aliphatic rings. The van der Waals surface area contributed by atoms with Gasteiger partial charge in [-0.3, -0.25) is 4.79 Å². The van der Waals surface area contributed by atoms with Gasteiger partial charge in [-0.25, -0.2) is 0 Å². The molecule has 0 saturated heterocycles. The first-order chi connectivity index (χ1) is 5.77. The molecule has 64 valence electrons. The summed E-state index contributed by atoms with van der Waals surface area (Å²) >= 11 is 1.66. The van der Waals surface area contributed by atoms with E-state index in [1.807, 2.05) is 18.4 Å². The standard InChI is InChI=1S/C10H12OS/c1-7-9(4-5-12-7)10(11)6-8-2-3-8/h4-5,8H,2-3,6H2,1H3. The number of rotatable bonds is 3. The van der Waals surface area contributed by atoms with Crippen LogP contribution in [0.1, 0.15) is 34.5 Å². The zero-order chi connectivity index (χ0) is 8.55. The predicted octanol–water partition coefficient (Wildman–Crippen LogP) is 3.04. The van der Waals surface area contributed by atoms with Gasteiger partial charge < -0.3 is 0 Å². The minimum atomic E-state index is 0.344. The van der Waals surface area contributed by atoms with E-state index in [9.17, 15) is 4.79 Å². The number of hydrogen-bond acceptors (Lipinski definition) is 2. The van der Waals surface area contributed by atoms with Crippen LogP contribution in [-0.2, 0) is 0 Å². The van der Waals surface area contributed by atoms with Gasteiger partial charge >= 0.3 is 0 Å². The molecule has 0 aliphatic heterocycles. The Morgan fingerprint density at radius 3 is 2.92 bits per heavy atom. The molecule has 1 nitrogen and oxygen atoms in total. The van der Waals surface area contributed by atoms with Gasteiger partial charge in [0.2, 0.25) is 0 Å². The third-order valence-electron chi connectivity index (χ3n) is 2.33. The fourth-order valence-corrected chi connectivity index (χ4v) is 2.09. The van der Waals surface area contributed by atoms with Crippen LogP contribution >= 0.6 is 11.3 Å². The molecule has 12 heavy (non-hydrogen) atoms. The number of carbonyl (C=O) groups excluding carboxylic acids is 1. The molecule has 1 aromatic heterocycles. The fourth-order valence-electron chi connectivity index (χ4n) is 1.37. The second-order valence-corrected chi connectivity index (χ2v) is 4.58. The molecule has 1 aromatic rings. The SMILES string of the molecule is Cc1sccc1C(=O)CC1CC1. The van der Waals surface area contributed by atoms with Gasteiger partial charge in [-0.05, 0) is 37.1 Å².